The number of ketones is 2. The number of alkyl halides is 3. The van der Waals surface area contributed by atoms with E-state index in [-0.39, 0.29) is 36.3 Å². The SMILES string of the molecule is CN(C)[C@@H]1C(OCc2ccccc2)=C(C(N)=O)C(=O)[C@@]2(O)C(=O)C3=C(O)c4c(O)ccc(-c5ccc(C(F)(F)F)cc5)c4CC3C[C@@H]12. The summed E-state index contributed by atoms with van der Waals surface area (Å²) < 4.78 is 45.8. The first-order chi connectivity index (χ1) is 22.2. The Kier molecular flexibility index (Phi) is 7.76. The number of benzene rings is 3. The van der Waals surface area contributed by atoms with Crippen LogP contribution in [0.15, 0.2) is 83.6 Å². The second-order valence-corrected chi connectivity index (χ2v) is 12.3. The van der Waals surface area contributed by atoms with E-state index >= 15 is 0 Å². The summed E-state index contributed by atoms with van der Waals surface area (Å²) in [7, 11) is 3.27. The van der Waals surface area contributed by atoms with Crippen LogP contribution in [0.1, 0.15) is 28.7 Å². The molecule has 4 atom stereocenters. The van der Waals surface area contributed by atoms with Crippen LogP contribution in [0.5, 0.6) is 5.75 Å². The van der Waals surface area contributed by atoms with Gasteiger partial charge in [0.25, 0.3) is 5.91 Å². The molecule has 0 aromatic heterocycles. The van der Waals surface area contributed by atoms with Gasteiger partial charge in [0.2, 0.25) is 11.6 Å². The fourth-order valence-electron chi connectivity index (χ4n) is 7.22. The van der Waals surface area contributed by atoms with Crippen LogP contribution in [0.25, 0.3) is 16.9 Å². The van der Waals surface area contributed by atoms with Gasteiger partial charge in [-0.2, -0.15) is 13.2 Å². The third-order valence-electron chi connectivity index (χ3n) is 9.34. The standard InChI is InChI=1S/C35H31F3N2O7/c1-40(2)28-23-15-19-14-22-21(18-8-10-20(11-9-18)35(36,37)38)12-13-24(41)26(22)29(42)25(19)31(43)34(23,46)32(44)27(33(39)45)30(28)47-16-17-6-4-3-5-7-17/h3-13,19,23,28,41-42,46H,14-16H2,1-2H3,(H2,39,45)/t19?,23-,28-,34-/m0/s1. The van der Waals surface area contributed by atoms with Crippen molar-refractivity contribution in [2.24, 2.45) is 17.6 Å². The van der Waals surface area contributed by atoms with Crippen molar-refractivity contribution in [1.29, 1.82) is 0 Å². The fraction of sp³-hybridized carbons (Fsp3) is 0.286. The molecule has 12 heteroatoms. The average Bonchev–Trinajstić information content (AvgIpc) is 3.01. The summed E-state index contributed by atoms with van der Waals surface area (Å²) in [5, 5.41) is 34.4. The van der Waals surface area contributed by atoms with Crippen molar-refractivity contribution >= 4 is 23.2 Å². The summed E-state index contributed by atoms with van der Waals surface area (Å²) in [6.45, 7) is -0.0395. The summed E-state index contributed by atoms with van der Waals surface area (Å²) in [6, 6.07) is 15.1. The maximum absolute atomic E-state index is 14.3. The van der Waals surface area contributed by atoms with E-state index in [9.17, 15) is 42.9 Å². The number of aliphatic hydroxyl groups excluding tert-OH is 1. The summed E-state index contributed by atoms with van der Waals surface area (Å²) in [5.74, 6) is -6.65. The molecule has 1 fully saturated rings. The second kappa shape index (κ2) is 11.4. The normalized spacial score (nSPS) is 24.2. The number of amides is 1. The molecule has 3 aliphatic carbocycles. The Morgan fingerprint density at radius 1 is 1.00 bits per heavy atom. The van der Waals surface area contributed by atoms with E-state index < -0.39 is 69.8 Å². The molecule has 0 heterocycles. The zero-order valence-corrected chi connectivity index (χ0v) is 25.3. The van der Waals surface area contributed by atoms with E-state index in [1.54, 1.807) is 43.3 Å². The van der Waals surface area contributed by atoms with E-state index in [2.05, 4.69) is 0 Å². The summed E-state index contributed by atoms with van der Waals surface area (Å²) >= 11 is 0. The number of fused-ring (bicyclic) bond motifs is 3. The van der Waals surface area contributed by atoms with Gasteiger partial charge in [-0.25, -0.2) is 0 Å². The van der Waals surface area contributed by atoms with E-state index in [0.29, 0.717) is 16.7 Å². The molecule has 0 bridgehead atoms. The number of primary amides is 1. The molecule has 0 radical (unpaired) electrons. The molecule has 1 amide bonds. The van der Waals surface area contributed by atoms with Gasteiger partial charge in [-0.1, -0.05) is 48.5 Å². The molecule has 0 saturated heterocycles. The highest BCUT2D eigenvalue weighted by Gasteiger charge is 2.65. The largest absolute Gasteiger partial charge is 0.507 e. The number of phenols is 1. The molecule has 0 aliphatic heterocycles. The molecular weight excluding hydrogens is 617 g/mol. The van der Waals surface area contributed by atoms with Crippen molar-refractivity contribution in [1.82, 2.24) is 4.90 Å². The first-order valence-corrected chi connectivity index (χ1v) is 14.8. The number of nitrogens with two attached hydrogens (primary N) is 1. The number of aliphatic hydroxyl groups is 2. The number of aromatic hydroxyl groups is 1. The van der Waals surface area contributed by atoms with Gasteiger partial charge in [-0.05, 0) is 73.3 Å². The minimum Gasteiger partial charge on any atom is -0.507 e. The molecule has 6 rings (SSSR count). The smallest absolute Gasteiger partial charge is 0.416 e. The topological polar surface area (TPSA) is 150 Å². The lowest BCUT2D eigenvalue weighted by atomic mass is 9.57. The van der Waals surface area contributed by atoms with Crippen LogP contribution in [0.4, 0.5) is 13.2 Å². The fourth-order valence-corrected chi connectivity index (χ4v) is 7.22. The molecule has 1 unspecified atom stereocenters. The molecule has 0 spiro atoms. The predicted molar refractivity (Wildman–Crippen MR) is 163 cm³/mol. The van der Waals surface area contributed by atoms with Gasteiger partial charge in [-0.15, -0.1) is 0 Å². The van der Waals surface area contributed by atoms with Gasteiger partial charge in [0.05, 0.1) is 17.2 Å². The van der Waals surface area contributed by atoms with E-state index in [1.165, 1.54) is 24.3 Å². The van der Waals surface area contributed by atoms with E-state index in [0.717, 1.165) is 17.7 Å². The van der Waals surface area contributed by atoms with Crippen LogP contribution in [-0.4, -0.2) is 63.4 Å². The van der Waals surface area contributed by atoms with Crippen molar-refractivity contribution in [3.63, 3.8) is 0 Å². The molecule has 3 aliphatic rings. The quantitative estimate of drug-likeness (QED) is 0.228. The zero-order valence-electron chi connectivity index (χ0n) is 25.3. The number of hydrogen-bond acceptors (Lipinski definition) is 8. The van der Waals surface area contributed by atoms with Crippen molar-refractivity contribution in [3.05, 3.63) is 106 Å². The maximum atomic E-state index is 14.3. The number of hydrogen-bond donors (Lipinski definition) is 4. The molecular formula is C35H31F3N2O7. The second-order valence-electron chi connectivity index (χ2n) is 12.3. The van der Waals surface area contributed by atoms with Crippen molar-refractivity contribution in [2.75, 3.05) is 14.1 Å². The van der Waals surface area contributed by atoms with Crippen molar-refractivity contribution in [2.45, 2.75) is 37.3 Å². The number of ether oxygens (including phenoxy) is 1. The number of rotatable bonds is 6. The van der Waals surface area contributed by atoms with E-state index in [4.69, 9.17) is 10.5 Å². The Hall–Kier alpha value is -4.94. The number of nitrogens with zero attached hydrogens (tertiary/aromatic N) is 1. The third-order valence-corrected chi connectivity index (χ3v) is 9.34. The Morgan fingerprint density at radius 2 is 1.66 bits per heavy atom. The number of Topliss-reactive ketones (excluding diaryl/α,β-unsaturated/α-hetero) is 2. The average molecular weight is 649 g/mol. The van der Waals surface area contributed by atoms with Gasteiger partial charge in [0, 0.05) is 11.5 Å². The summed E-state index contributed by atoms with van der Waals surface area (Å²) in [4.78, 5) is 42.6. The van der Waals surface area contributed by atoms with Crippen LogP contribution >= 0.6 is 0 Å². The predicted octanol–water partition coefficient (Wildman–Crippen LogP) is 4.31. The Morgan fingerprint density at radius 3 is 2.26 bits per heavy atom. The molecule has 5 N–H and O–H groups in total. The Bertz CT molecular complexity index is 1870. The number of likely N-dealkylation sites (N-methyl/N-ethyl adjacent to an activating group) is 1. The highest BCUT2D eigenvalue weighted by atomic mass is 19.4. The lowest BCUT2D eigenvalue weighted by molar-refractivity contribution is -0.162. The van der Waals surface area contributed by atoms with Crippen molar-refractivity contribution in [3.8, 4) is 16.9 Å². The third kappa shape index (κ3) is 5.08. The van der Waals surface area contributed by atoms with Gasteiger partial charge < -0.3 is 25.8 Å². The van der Waals surface area contributed by atoms with Crippen LogP contribution in [0, 0.1) is 11.8 Å². The molecule has 47 heavy (non-hydrogen) atoms. The van der Waals surface area contributed by atoms with Gasteiger partial charge in [-0.3, -0.25) is 19.3 Å². The Labute approximate surface area is 267 Å². The van der Waals surface area contributed by atoms with Gasteiger partial charge in [0.15, 0.2) is 5.60 Å². The summed E-state index contributed by atoms with van der Waals surface area (Å²) in [5.41, 5.74) is 2.85. The van der Waals surface area contributed by atoms with Gasteiger partial charge in [0.1, 0.15) is 29.4 Å². The lowest BCUT2D eigenvalue weighted by Gasteiger charge is -2.50. The minimum atomic E-state index is -4.55. The first kappa shape index (κ1) is 32.0. The monoisotopic (exact) mass is 648 g/mol. The Balaban J connectivity index is 1.47. The maximum Gasteiger partial charge on any atom is 0.416 e. The number of phenolic OH excluding ortho intramolecular Hbond substituents is 1. The summed E-state index contributed by atoms with van der Waals surface area (Å²) in [6.07, 6.45) is -4.55. The zero-order chi connectivity index (χ0) is 34.0. The van der Waals surface area contributed by atoms with Crippen LogP contribution in [0.2, 0.25) is 0 Å². The lowest BCUT2D eigenvalue weighted by Crippen LogP contribution is -2.67. The van der Waals surface area contributed by atoms with Crippen LogP contribution < -0.4 is 5.73 Å². The molecule has 1 saturated carbocycles. The molecule has 3 aromatic rings. The number of halogens is 3. The highest BCUT2D eigenvalue weighted by Crippen LogP contribution is 2.53. The van der Waals surface area contributed by atoms with Crippen LogP contribution in [0.3, 0.4) is 0 Å². The molecule has 9 nitrogen and oxygen atoms in total. The van der Waals surface area contributed by atoms with Gasteiger partial charge >= 0.3 is 6.18 Å². The minimum absolute atomic E-state index is 0.0395. The molecule has 244 valence electrons. The number of carbonyl (C=O) groups is 3. The highest BCUT2D eigenvalue weighted by molar-refractivity contribution is 6.33. The van der Waals surface area contributed by atoms with Crippen LogP contribution in [-0.2, 0) is 38.3 Å². The van der Waals surface area contributed by atoms with E-state index in [1.807, 2.05) is 6.07 Å². The number of carbonyl (C=O) groups excluding carboxylic acids is 3. The first-order valence-electron chi connectivity index (χ1n) is 14.8. The molecule has 3 aromatic carbocycles. The van der Waals surface area contributed by atoms with Crippen molar-refractivity contribution < 1.29 is 47.6 Å².